The van der Waals surface area contributed by atoms with Crippen molar-refractivity contribution in [1.82, 2.24) is 15.3 Å². The monoisotopic (exact) mass is 254 g/mol. The molecule has 98 valence electrons. The van der Waals surface area contributed by atoms with Gasteiger partial charge in [0, 0.05) is 31.2 Å². The fourth-order valence-corrected chi connectivity index (χ4v) is 2.42. The van der Waals surface area contributed by atoms with Crippen LogP contribution in [0, 0.1) is 0 Å². The summed E-state index contributed by atoms with van der Waals surface area (Å²) in [7, 11) is 0. The second kappa shape index (κ2) is 5.80. The number of aromatic nitrogens is 2. The standard InChI is InChI=1S/C15H18N4/c1-3-12(10-16-6-1)11-19-15-9-13(5-8-18-15)14-4-2-7-17-14/h1,3,5-6,8-10,14,17H,2,4,7,11H2,(H,18,19)/t14-/m1/s1. The van der Waals surface area contributed by atoms with Crippen LogP contribution in [-0.4, -0.2) is 16.5 Å². The van der Waals surface area contributed by atoms with Crippen molar-refractivity contribution < 1.29 is 0 Å². The van der Waals surface area contributed by atoms with Crippen LogP contribution in [0.15, 0.2) is 42.9 Å². The van der Waals surface area contributed by atoms with Gasteiger partial charge in [-0.05, 0) is 48.7 Å². The summed E-state index contributed by atoms with van der Waals surface area (Å²) in [4.78, 5) is 8.47. The molecule has 1 aliphatic rings. The molecule has 0 saturated carbocycles. The van der Waals surface area contributed by atoms with E-state index >= 15 is 0 Å². The van der Waals surface area contributed by atoms with E-state index in [4.69, 9.17) is 0 Å². The highest BCUT2D eigenvalue weighted by Crippen LogP contribution is 2.24. The Morgan fingerprint density at radius 2 is 2.32 bits per heavy atom. The minimum atomic E-state index is 0.488. The molecule has 19 heavy (non-hydrogen) atoms. The summed E-state index contributed by atoms with van der Waals surface area (Å²) in [5.74, 6) is 0.926. The summed E-state index contributed by atoms with van der Waals surface area (Å²) in [5.41, 5.74) is 2.48. The molecule has 0 unspecified atom stereocenters. The maximum Gasteiger partial charge on any atom is 0.126 e. The first kappa shape index (κ1) is 12.1. The van der Waals surface area contributed by atoms with Crippen molar-refractivity contribution in [2.24, 2.45) is 0 Å². The van der Waals surface area contributed by atoms with Gasteiger partial charge in [0.05, 0.1) is 0 Å². The van der Waals surface area contributed by atoms with Crippen LogP contribution < -0.4 is 10.6 Å². The molecule has 1 atom stereocenters. The largest absolute Gasteiger partial charge is 0.366 e. The Bertz CT molecular complexity index is 521. The zero-order valence-corrected chi connectivity index (χ0v) is 10.8. The van der Waals surface area contributed by atoms with Crippen molar-refractivity contribution in [2.45, 2.75) is 25.4 Å². The third kappa shape index (κ3) is 3.09. The molecule has 4 nitrogen and oxygen atoms in total. The predicted octanol–water partition coefficient (Wildman–Crippen LogP) is 2.51. The molecule has 0 aliphatic carbocycles. The van der Waals surface area contributed by atoms with Gasteiger partial charge in [0.15, 0.2) is 0 Å². The van der Waals surface area contributed by atoms with Gasteiger partial charge in [-0.1, -0.05) is 6.07 Å². The molecule has 1 fully saturated rings. The summed E-state index contributed by atoms with van der Waals surface area (Å²) >= 11 is 0. The van der Waals surface area contributed by atoms with Crippen molar-refractivity contribution in [2.75, 3.05) is 11.9 Å². The Morgan fingerprint density at radius 3 is 3.11 bits per heavy atom. The summed E-state index contributed by atoms with van der Waals surface area (Å²) in [6.07, 6.45) is 8.00. The molecule has 2 aromatic rings. The van der Waals surface area contributed by atoms with Gasteiger partial charge in [0.2, 0.25) is 0 Å². The fourth-order valence-electron chi connectivity index (χ4n) is 2.42. The molecular weight excluding hydrogens is 236 g/mol. The SMILES string of the molecule is c1cncc(CNc2cc([C@H]3CCCN3)ccn2)c1. The second-order valence-corrected chi connectivity index (χ2v) is 4.84. The van der Waals surface area contributed by atoms with Crippen LogP contribution in [-0.2, 0) is 6.54 Å². The van der Waals surface area contributed by atoms with E-state index in [1.807, 2.05) is 18.5 Å². The van der Waals surface area contributed by atoms with E-state index in [-0.39, 0.29) is 0 Å². The summed E-state index contributed by atoms with van der Waals surface area (Å²) < 4.78 is 0. The van der Waals surface area contributed by atoms with Crippen molar-refractivity contribution in [3.8, 4) is 0 Å². The molecule has 0 spiro atoms. The lowest BCUT2D eigenvalue weighted by Crippen LogP contribution is -2.13. The first-order chi connectivity index (χ1) is 9.42. The lowest BCUT2D eigenvalue weighted by atomic mass is 10.1. The van der Waals surface area contributed by atoms with E-state index in [0.717, 1.165) is 24.5 Å². The van der Waals surface area contributed by atoms with E-state index in [1.165, 1.54) is 18.4 Å². The van der Waals surface area contributed by atoms with Gasteiger partial charge in [0.1, 0.15) is 5.82 Å². The van der Waals surface area contributed by atoms with Crippen LogP contribution in [0.25, 0.3) is 0 Å². The van der Waals surface area contributed by atoms with Gasteiger partial charge in [0.25, 0.3) is 0 Å². The van der Waals surface area contributed by atoms with Crippen LogP contribution in [0.4, 0.5) is 5.82 Å². The Hall–Kier alpha value is -1.94. The van der Waals surface area contributed by atoms with Gasteiger partial charge in [-0.3, -0.25) is 4.98 Å². The van der Waals surface area contributed by atoms with Crippen molar-refractivity contribution in [1.29, 1.82) is 0 Å². The molecule has 0 amide bonds. The molecule has 2 N–H and O–H groups in total. The third-order valence-corrected chi connectivity index (χ3v) is 3.44. The molecule has 2 aromatic heterocycles. The van der Waals surface area contributed by atoms with Crippen molar-refractivity contribution in [3.63, 3.8) is 0 Å². The van der Waals surface area contributed by atoms with Crippen LogP contribution >= 0.6 is 0 Å². The Labute approximate surface area is 113 Å². The molecule has 3 rings (SSSR count). The Kier molecular flexibility index (Phi) is 3.70. The zero-order chi connectivity index (χ0) is 12.9. The second-order valence-electron chi connectivity index (χ2n) is 4.84. The van der Waals surface area contributed by atoms with Crippen LogP contribution in [0.5, 0.6) is 0 Å². The number of hydrogen-bond acceptors (Lipinski definition) is 4. The van der Waals surface area contributed by atoms with Gasteiger partial charge in [-0.25, -0.2) is 4.98 Å². The maximum atomic E-state index is 4.37. The van der Waals surface area contributed by atoms with Gasteiger partial charge >= 0.3 is 0 Å². The normalized spacial score (nSPS) is 18.4. The average molecular weight is 254 g/mol. The Balaban J connectivity index is 1.66. The third-order valence-electron chi connectivity index (χ3n) is 3.44. The topological polar surface area (TPSA) is 49.8 Å². The van der Waals surface area contributed by atoms with E-state index in [9.17, 15) is 0 Å². The molecule has 0 aromatic carbocycles. The average Bonchev–Trinajstić information content (AvgIpc) is 3.01. The molecule has 3 heterocycles. The number of pyridine rings is 2. The number of nitrogens with one attached hydrogen (secondary N) is 2. The van der Waals surface area contributed by atoms with Crippen LogP contribution in [0.1, 0.15) is 30.0 Å². The molecule has 0 bridgehead atoms. The van der Waals surface area contributed by atoms with Gasteiger partial charge in [-0.2, -0.15) is 0 Å². The first-order valence-electron chi connectivity index (χ1n) is 6.74. The van der Waals surface area contributed by atoms with E-state index < -0.39 is 0 Å². The summed E-state index contributed by atoms with van der Waals surface area (Å²) in [6, 6.07) is 8.73. The Morgan fingerprint density at radius 1 is 1.32 bits per heavy atom. The van der Waals surface area contributed by atoms with Crippen LogP contribution in [0.2, 0.25) is 0 Å². The highest BCUT2D eigenvalue weighted by atomic mass is 15.0. The van der Waals surface area contributed by atoms with E-state index in [2.05, 4.69) is 38.8 Å². The first-order valence-corrected chi connectivity index (χ1v) is 6.74. The zero-order valence-electron chi connectivity index (χ0n) is 10.8. The van der Waals surface area contributed by atoms with Crippen molar-refractivity contribution in [3.05, 3.63) is 54.0 Å². The molecular formula is C15H18N4. The van der Waals surface area contributed by atoms with Gasteiger partial charge in [-0.15, -0.1) is 0 Å². The van der Waals surface area contributed by atoms with E-state index in [0.29, 0.717) is 6.04 Å². The van der Waals surface area contributed by atoms with Crippen molar-refractivity contribution >= 4 is 5.82 Å². The molecule has 4 heteroatoms. The number of rotatable bonds is 4. The molecule has 1 saturated heterocycles. The maximum absolute atomic E-state index is 4.37. The molecule has 0 radical (unpaired) electrons. The van der Waals surface area contributed by atoms with Crippen LogP contribution in [0.3, 0.4) is 0 Å². The number of nitrogens with zero attached hydrogens (tertiary/aromatic N) is 2. The fraction of sp³-hybridized carbons (Fsp3) is 0.333. The summed E-state index contributed by atoms with van der Waals surface area (Å²) in [5, 5.41) is 6.85. The highest BCUT2D eigenvalue weighted by Gasteiger charge is 2.16. The van der Waals surface area contributed by atoms with Gasteiger partial charge < -0.3 is 10.6 Å². The smallest absolute Gasteiger partial charge is 0.126 e. The summed E-state index contributed by atoms with van der Waals surface area (Å²) in [6.45, 7) is 1.87. The van der Waals surface area contributed by atoms with E-state index in [1.54, 1.807) is 6.20 Å². The highest BCUT2D eigenvalue weighted by molar-refractivity contribution is 5.39. The quantitative estimate of drug-likeness (QED) is 0.880. The number of hydrogen-bond donors (Lipinski definition) is 2. The predicted molar refractivity (Wildman–Crippen MR) is 75.8 cm³/mol. The number of anilines is 1. The lowest BCUT2D eigenvalue weighted by Gasteiger charge is -2.12. The minimum Gasteiger partial charge on any atom is -0.366 e. The lowest BCUT2D eigenvalue weighted by molar-refractivity contribution is 0.647. The minimum absolute atomic E-state index is 0.488. The molecule has 1 aliphatic heterocycles.